The van der Waals surface area contributed by atoms with E-state index in [9.17, 15) is 24.3 Å². The molecule has 1 N–H and O–H groups in total. The molecule has 1 heterocycles. The molecule has 4 aliphatic rings. The Morgan fingerprint density at radius 2 is 1.84 bits per heavy atom. The number of nitrogens with zero attached hydrogens (tertiary/aromatic N) is 1. The molecule has 4 rings (SSSR count). The van der Waals surface area contributed by atoms with Gasteiger partial charge in [-0.2, -0.15) is 0 Å². The number of likely N-dealkylation sites (tertiary alicyclic amines) is 1. The molecule has 1 aliphatic heterocycles. The molecule has 0 spiro atoms. The summed E-state index contributed by atoms with van der Waals surface area (Å²) in [7, 11) is 1.58. The highest BCUT2D eigenvalue weighted by Crippen LogP contribution is 2.62. The van der Waals surface area contributed by atoms with Gasteiger partial charge in [0.25, 0.3) is 0 Å². The first-order chi connectivity index (χ1) is 17.4. The molecular formula is C29H39NO7. The number of aliphatic hydroxyl groups is 1. The zero-order chi connectivity index (χ0) is 27.3. The van der Waals surface area contributed by atoms with Gasteiger partial charge in [-0.05, 0) is 37.7 Å². The monoisotopic (exact) mass is 513 g/mol. The number of ketones is 3. The number of rotatable bonds is 7. The topological polar surface area (TPSA) is 110 Å². The van der Waals surface area contributed by atoms with E-state index in [1.54, 1.807) is 13.3 Å². The number of aliphatic hydroxyl groups excluding tert-OH is 1. The Morgan fingerprint density at radius 3 is 2.41 bits per heavy atom. The number of carbonyl (C=O) groups excluding carboxylic acids is 4. The molecule has 37 heavy (non-hydrogen) atoms. The van der Waals surface area contributed by atoms with Crippen LogP contribution in [0.4, 0.5) is 0 Å². The van der Waals surface area contributed by atoms with Crippen molar-refractivity contribution in [3.05, 3.63) is 34.3 Å². The first-order valence-corrected chi connectivity index (χ1v) is 13.3. The quantitative estimate of drug-likeness (QED) is 0.404. The van der Waals surface area contributed by atoms with Crippen molar-refractivity contribution in [2.24, 2.45) is 22.7 Å². The van der Waals surface area contributed by atoms with Crippen LogP contribution in [0.25, 0.3) is 0 Å². The van der Waals surface area contributed by atoms with Gasteiger partial charge in [-0.1, -0.05) is 20.8 Å². The largest absolute Gasteiger partial charge is 0.504 e. The maximum atomic E-state index is 14.0. The van der Waals surface area contributed by atoms with Gasteiger partial charge in [-0.15, -0.1) is 0 Å². The Kier molecular flexibility index (Phi) is 7.27. The highest BCUT2D eigenvalue weighted by Gasteiger charge is 2.61. The van der Waals surface area contributed by atoms with E-state index in [2.05, 4.69) is 0 Å². The summed E-state index contributed by atoms with van der Waals surface area (Å²) in [5.41, 5.74) is -0.440. The van der Waals surface area contributed by atoms with Gasteiger partial charge in [0, 0.05) is 86.2 Å². The maximum absolute atomic E-state index is 14.0. The van der Waals surface area contributed by atoms with Gasteiger partial charge >= 0.3 is 5.97 Å². The number of Topliss-reactive ketones (excluding diaryl/α,β-unsaturated/α-hetero) is 3. The van der Waals surface area contributed by atoms with E-state index < -0.39 is 40.4 Å². The molecule has 0 aromatic carbocycles. The molecular weight excluding hydrogens is 474 g/mol. The molecule has 5 atom stereocenters. The molecule has 8 heteroatoms. The number of carbonyl (C=O) groups is 4. The number of ether oxygens (including phenoxy) is 2. The third-order valence-corrected chi connectivity index (χ3v) is 9.22. The standard InChI is InChI=1S/C29H39NO7/c1-16(15-36-6)29(5)24(19(17(2)31)14-30-11-7-8-12-30)27(35)26(34)23-20-9-10-22(33)28(20,4)13-21(25(23)29)37-18(3)32/h14,16,20-21,35H,7-13,15H2,1-6H3/b19-14-/t16-,20+,21-,28+,29+/m1/s1. The molecule has 0 amide bonds. The van der Waals surface area contributed by atoms with E-state index in [4.69, 9.17) is 9.47 Å². The lowest BCUT2D eigenvalue weighted by Gasteiger charge is -2.52. The molecule has 0 aromatic rings. The Balaban J connectivity index is 2.02. The summed E-state index contributed by atoms with van der Waals surface area (Å²) < 4.78 is 11.4. The van der Waals surface area contributed by atoms with Crippen LogP contribution in [0, 0.1) is 22.7 Å². The molecule has 0 radical (unpaired) electrons. The van der Waals surface area contributed by atoms with Crippen molar-refractivity contribution in [2.75, 3.05) is 26.8 Å². The Labute approximate surface area is 218 Å². The van der Waals surface area contributed by atoms with Crippen LogP contribution in [0.5, 0.6) is 0 Å². The van der Waals surface area contributed by atoms with Crippen LogP contribution in [-0.4, -0.2) is 66.2 Å². The molecule has 0 unspecified atom stereocenters. The first kappa shape index (κ1) is 27.3. The van der Waals surface area contributed by atoms with Gasteiger partial charge in [0.05, 0.1) is 0 Å². The molecule has 0 bridgehead atoms. The van der Waals surface area contributed by atoms with Crippen molar-refractivity contribution in [2.45, 2.75) is 72.8 Å². The lowest BCUT2D eigenvalue weighted by molar-refractivity contribution is -0.150. The molecule has 1 saturated heterocycles. The highest BCUT2D eigenvalue weighted by molar-refractivity contribution is 6.13. The maximum Gasteiger partial charge on any atom is 0.303 e. The fourth-order valence-electron chi connectivity index (χ4n) is 7.18. The van der Waals surface area contributed by atoms with Gasteiger partial charge < -0.3 is 19.5 Å². The minimum absolute atomic E-state index is 0.0354. The van der Waals surface area contributed by atoms with Crippen molar-refractivity contribution < 1.29 is 33.8 Å². The van der Waals surface area contributed by atoms with Gasteiger partial charge in [-0.3, -0.25) is 19.2 Å². The van der Waals surface area contributed by atoms with Crippen molar-refractivity contribution in [3.63, 3.8) is 0 Å². The van der Waals surface area contributed by atoms with Gasteiger partial charge in [0.1, 0.15) is 11.9 Å². The number of hydrogen-bond donors (Lipinski definition) is 1. The average Bonchev–Trinajstić information content (AvgIpc) is 3.43. The number of fused-ring (bicyclic) bond motifs is 2. The Hall–Kier alpha value is -2.74. The van der Waals surface area contributed by atoms with E-state index in [0.717, 1.165) is 25.9 Å². The average molecular weight is 514 g/mol. The van der Waals surface area contributed by atoms with Gasteiger partial charge in [0.15, 0.2) is 11.5 Å². The van der Waals surface area contributed by atoms with E-state index in [1.807, 2.05) is 25.7 Å². The van der Waals surface area contributed by atoms with Crippen LogP contribution in [-0.2, 0) is 28.7 Å². The van der Waals surface area contributed by atoms with Crippen molar-refractivity contribution in [3.8, 4) is 0 Å². The van der Waals surface area contributed by atoms with E-state index in [1.165, 1.54) is 13.8 Å². The van der Waals surface area contributed by atoms with E-state index >= 15 is 0 Å². The summed E-state index contributed by atoms with van der Waals surface area (Å²) in [5, 5.41) is 11.6. The van der Waals surface area contributed by atoms with E-state index in [0.29, 0.717) is 24.0 Å². The van der Waals surface area contributed by atoms with Crippen LogP contribution in [0.2, 0.25) is 0 Å². The van der Waals surface area contributed by atoms with Gasteiger partial charge in [-0.25, -0.2) is 0 Å². The lowest BCUT2D eigenvalue weighted by Crippen LogP contribution is -2.52. The normalized spacial score (nSPS) is 33.0. The molecule has 1 saturated carbocycles. The third-order valence-electron chi connectivity index (χ3n) is 9.22. The Bertz CT molecular complexity index is 1130. The summed E-state index contributed by atoms with van der Waals surface area (Å²) in [6.07, 6.45) is 4.01. The summed E-state index contributed by atoms with van der Waals surface area (Å²) in [4.78, 5) is 54.5. The third kappa shape index (κ3) is 4.27. The fourth-order valence-corrected chi connectivity index (χ4v) is 7.18. The van der Waals surface area contributed by atoms with E-state index in [-0.39, 0.29) is 41.7 Å². The number of hydrogen-bond acceptors (Lipinski definition) is 8. The number of esters is 1. The van der Waals surface area contributed by atoms with Crippen molar-refractivity contribution in [1.29, 1.82) is 0 Å². The molecule has 8 nitrogen and oxygen atoms in total. The second-order valence-electron chi connectivity index (χ2n) is 11.5. The van der Waals surface area contributed by atoms with Crippen molar-refractivity contribution >= 4 is 23.3 Å². The van der Waals surface area contributed by atoms with Gasteiger partial charge in [0.2, 0.25) is 5.78 Å². The zero-order valence-corrected chi connectivity index (χ0v) is 22.8. The van der Waals surface area contributed by atoms with Crippen LogP contribution >= 0.6 is 0 Å². The predicted octanol–water partition coefficient (Wildman–Crippen LogP) is 3.86. The highest BCUT2D eigenvalue weighted by atomic mass is 16.5. The minimum Gasteiger partial charge on any atom is -0.504 e. The molecule has 2 fully saturated rings. The Morgan fingerprint density at radius 1 is 1.19 bits per heavy atom. The summed E-state index contributed by atoms with van der Waals surface area (Å²) in [5.74, 6) is -2.48. The van der Waals surface area contributed by atoms with Crippen LogP contribution < -0.4 is 0 Å². The molecule has 202 valence electrons. The van der Waals surface area contributed by atoms with Crippen LogP contribution in [0.3, 0.4) is 0 Å². The molecule has 3 aliphatic carbocycles. The first-order valence-electron chi connectivity index (χ1n) is 13.3. The van der Waals surface area contributed by atoms with Crippen molar-refractivity contribution in [1.82, 2.24) is 4.90 Å². The summed E-state index contributed by atoms with van der Waals surface area (Å²) >= 11 is 0. The minimum atomic E-state index is -1.06. The second kappa shape index (κ2) is 9.86. The second-order valence-corrected chi connectivity index (χ2v) is 11.5. The number of methoxy groups -OCH3 is 1. The van der Waals surface area contributed by atoms with Crippen LogP contribution in [0.15, 0.2) is 34.3 Å². The smallest absolute Gasteiger partial charge is 0.303 e. The number of allylic oxidation sites excluding steroid dienone is 3. The lowest BCUT2D eigenvalue weighted by atomic mass is 9.52. The zero-order valence-electron chi connectivity index (χ0n) is 22.8. The predicted molar refractivity (Wildman–Crippen MR) is 136 cm³/mol. The summed E-state index contributed by atoms with van der Waals surface area (Å²) in [6.45, 7) is 10.3. The SMILES string of the molecule is COC[C@@H](C)[C@@]1(C)C(/C(=C\N2CCCC2)C(C)=O)=C(O)C(=O)C2=C1[C@H](OC(C)=O)C[C@]1(C)C(=O)CC[C@@H]21. The summed E-state index contributed by atoms with van der Waals surface area (Å²) in [6, 6.07) is 0. The van der Waals surface area contributed by atoms with Crippen LogP contribution in [0.1, 0.15) is 66.7 Å². The molecule has 0 aromatic heterocycles. The fraction of sp³-hybridized carbons (Fsp3) is 0.655.